The Balaban J connectivity index is 2.23. The first-order chi connectivity index (χ1) is 8.20. The van der Waals surface area contributed by atoms with E-state index >= 15 is 0 Å². The third-order valence-corrected chi connectivity index (χ3v) is 3.39. The van der Waals surface area contributed by atoms with Crippen LogP contribution >= 0.6 is 0 Å². The van der Waals surface area contributed by atoms with Crippen LogP contribution in [0.15, 0.2) is 35.4 Å². The number of hydrogen-bond acceptors (Lipinski definition) is 3. The molecule has 0 saturated carbocycles. The molecule has 0 saturated heterocycles. The van der Waals surface area contributed by atoms with E-state index in [0.717, 1.165) is 0 Å². The summed E-state index contributed by atoms with van der Waals surface area (Å²) < 4.78 is 5.45. The smallest absolute Gasteiger partial charge is 0.192 e. The monoisotopic (exact) mass is 228 g/mol. The lowest BCUT2D eigenvalue weighted by atomic mass is 9.80. The molecule has 0 radical (unpaired) electrons. The minimum atomic E-state index is -0.274. The Morgan fingerprint density at radius 2 is 1.76 bits per heavy atom. The van der Waals surface area contributed by atoms with E-state index in [1.165, 1.54) is 0 Å². The Labute approximate surface area is 99.1 Å². The van der Waals surface area contributed by atoms with Crippen molar-refractivity contribution in [1.82, 2.24) is 0 Å². The van der Waals surface area contributed by atoms with Gasteiger partial charge in [-0.2, -0.15) is 0 Å². The molecule has 1 aromatic carbocycles. The summed E-state index contributed by atoms with van der Waals surface area (Å²) in [5.74, 6) is -0.0623. The van der Waals surface area contributed by atoms with Gasteiger partial charge in [0.2, 0.25) is 0 Å². The normalized spacial score (nSPS) is 23.5. The fourth-order valence-electron chi connectivity index (χ4n) is 2.55. The molecule has 1 aliphatic heterocycles. The maximum absolute atomic E-state index is 12.3. The van der Waals surface area contributed by atoms with E-state index in [2.05, 4.69) is 0 Å². The summed E-state index contributed by atoms with van der Waals surface area (Å²) in [4.78, 5) is 24.6. The zero-order chi connectivity index (χ0) is 12.0. The lowest BCUT2D eigenvalue weighted by Crippen LogP contribution is -2.33. The second kappa shape index (κ2) is 3.64. The molecule has 3 heteroatoms. The molecule has 1 aliphatic carbocycles. The predicted octanol–water partition coefficient (Wildman–Crippen LogP) is 2.17. The van der Waals surface area contributed by atoms with Gasteiger partial charge in [-0.1, -0.05) is 24.3 Å². The molecule has 0 N–H and O–H groups in total. The molecule has 0 aromatic heterocycles. The minimum Gasteiger partial charge on any atom is -0.373 e. The van der Waals surface area contributed by atoms with Gasteiger partial charge in [-0.15, -0.1) is 0 Å². The Morgan fingerprint density at radius 3 is 2.47 bits per heavy atom. The van der Waals surface area contributed by atoms with Crippen molar-refractivity contribution < 1.29 is 14.3 Å². The SMILES string of the molecule is CC1OCCC2=C1C(=O)c1ccccc1C2=O. The van der Waals surface area contributed by atoms with E-state index in [1.54, 1.807) is 24.3 Å². The van der Waals surface area contributed by atoms with Crippen molar-refractivity contribution in [3.63, 3.8) is 0 Å². The highest BCUT2D eigenvalue weighted by molar-refractivity contribution is 6.27. The third kappa shape index (κ3) is 1.39. The largest absolute Gasteiger partial charge is 0.373 e. The zero-order valence-electron chi connectivity index (χ0n) is 9.53. The number of rotatable bonds is 0. The molecule has 1 heterocycles. The summed E-state index contributed by atoms with van der Waals surface area (Å²) in [7, 11) is 0. The van der Waals surface area contributed by atoms with Crippen LogP contribution in [-0.2, 0) is 4.74 Å². The molecule has 0 amide bonds. The predicted molar refractivity (Wildman–Crippen MR) is 62.2 cm³/mol. The second-order valence-corrected chi connectivity index (χ2v) is 4.36. The van der Waals surface area contributed by atoms with Gasteiger partial charge in [-0.05, 0) is 6.92 Å². The number of ether oxygens (including phenoxy) is 1. The number of ketones is 2. The van der Waals surface area contributed by atoms with E-state index in [-0.39, 0.29) is 17.7 Å². The van der Waals surface area contributed by atoms with Crippen molar-refractivity contribution in [2.24, 2.45) is 0 Å². The number of fused-ring (bicyclic) bond motifs is 1. The topological polar surface area (TPSA) is 43.4 Å². The molecule has 86 valence electrons. The quantitative estimate of drug-likeness (QED) is 0.683. The first-order valence-electron chi connectivity index (χ1n) is 5.73. The number of carbonyl (C=O) groups excluding carboxylic acids is 2. The highest BCUT2D eigenvalue weighted by Gasteiger charge is 2.36. The molecular formula is C14H12O3. The van der Waals surface area contributed by atoms with Crippen LogP contribution in [0.25, 0.3) is 0 Å². The third-order valence-electron chi connectivity index (χ3n) is 3.39. The Bertz CT molecular complexity index is 554. The Hall–Kier alpha value is -1.74. The van der Waals surface area contributed by atoms with Crippen molar-refractivity contribution in [2.45, 2.75) is 19.4 Å². The molecule has 0 spiro atoms. The zero-order valence-corrected chi connectivity index (χ0v) is 9.53. The van der Waals surface area contributed by atoms with Crippen molar-refractivity contribution >= 4 is 11.6 Å². The number of benzene rings is 1. The van der Waals surface area contributed by atoms with Gasteiger partial charge in [-0.25, -0.2) is 0 Å². The Morgan fingerprint density at radius 1 is 1.12 bits per heavy atom. The van der Waals surface area contributed by atoms with Crippen LogP contribution in [0.4, 0.5) is 0 Å². The van der Waals surface area contributed by atoms with E-state index in [4.69, 9.17) is 4.74 Å². The molecule has 0 fully saturated rings. The van der Waals surface area contributed by atoms with Crippen molar-refractivity contribution in [3.05, 3.63) is 46.5 Å². The van der Waals surface area contributed by atoms with Crippen molar-refractivity contribution in [2.75, 3.05) is 6.61 Å². The molecule has 1 unspecified atom stereocenters. The van der Waals surface area contributed by atoms with Gasteiger partial charge in [0.15, 0.2) is 11.6 Å². The van der Waals surface area contributed by atoms with E-state index < -0.39 is 0 Å². The minimum absolute atomic E-state index is 0.00894. The first-order valence-corrected chi connectivity index (χ1v) is 5.73. The molecular weight excluding hydrogens is 216 g/mol. The van der Waals surface area contributed by atoms with Gasteiger partial charge < -0.3 is 4.74 Å². The van der Waals surface area contributed by atoms with E-state index in [0.29, 0.717) is 35.3 Å². The van der Waals surface area contributed by atoms with Crippen LogP contribution in [-0.4, -0.2) is 24.3 Å². The fraction of sp³-hybridized carbons (Fsp3) is 0.286. The molecule has 1 aromatic rings. The molecule has 17 heavy (non-hydrogen) atoms. The molecule has 3 nitrogen and oxygen atoms in total. The maximum Gasteiger partial charge on any atom is 0.192 e. The highest BCUT2D eigenvalue weighted by atomic mass is 16.5. The van der Waals surface area contributed by atoms with Gasteiger partial charge in [-0.3, -0.25) is 9.59 Å². The molecule has 3 rings (SSSR count). The fourth-order valence-corrected chi connectivity index (χ4v) is 2.55. The van der Waals surface area contributed by atoms with Crippen molar-refractivity contribution in [1.29, 1.82) is 0 Å². The lowest BCUT2D eigenvalue weighted by Gasteiger charge is -2.29. The molecule has 2 aliphatic rings. The van der Waals surface area contributed by atoms with Gasteiger partial charge in [0.05, 0.1) is 12.7 Å². The first kappa shape index (κ1) is 10.4. The number of hydrogen-bond donors (Lipinski definition) is 0. The number of carbonyl (C=O) groups is 2. The average molecular weight is 228 g/mol. The summed E-state index contributed by atoms with van der Waals surface area (Å²) in [5, 5.41) is 0. The van der Waals surface area contributed by atoms with Crippen LogP contribution < -0.4 is 0 Å². The molecule has 0 bridgehead atoms. The summed E-state index contributed by atoms with van der Waals surface area (Å²) >= 11 is 0. The van der Waals surface area contributed by atoms with Gasteiger partial charge >= 0.3 is 0 Å². The van der Waals surface area contributed by atoms with Crippen LogP contribution in [0.5, 0.6) is 0 Å². The maximum atomic E-state index is 12.3. The molecule has 1 atom stereocenters. The summed E-state index contributed by atoms with van der Waals surface area (Å²) in [6.45, 7) is 2.34. The van der Waals surface area contributed by atoms with Gasteiger partial charge in [0, 0.05) is 28.7 Å². The van der Waals surface area contributed by atoms with Crippen LogP contribution in [0.2, 0.25) is 0 Å². The average Bonchev–Trinajstić information content (AvgIpc) is 2.36. The van der Waals surface area contributed by atoms with Gasteiger partial charge in [0.25, 0.3) is 0 Å². The lowest BCUT2D eigenvalue weighted by molar-refractivity contribution is 0.0654. The summed E-state index contributed by atoms with van der Waals surface area (Å²) in [6, 6.07) is 7.00. The van der Waals surface area contributed by atoms with Crippen LogP contribution in [0.1, 0.15) is 34.1 Å². The van der Waals surface area contributed by atoms with Gasteiger partial charge in [0.1, 0.15) is 0 Å². The second-order valence-electron chi connectivity index (χ2n) is 4.36. The van der Waals surface area contributed by atoms with E-state index in [1.807, 2.05) is 6.92 Å². The van der Waals surface area contributed by atoms with E-state index in [9.17, 15) is 9.59 Å². The summed E-state index contributed by atoms with van der Waals surface area (Å²) in [6.07, 6.45) is 0.266. The standard InChI is InChI=1S/C14H12O3/c1-8-12-11(6-7-17-8)13(15)9-4-2-3-5-10(9)14(12)16/h2-5,8H,6-7H2,1H3. The Kier molecular flexibility index (Phi) is 2.23. The summed E-state index contributed by atoms with van der Waals surface area (Å²) in [5.41, 5.74) is 2.24. The highest BCUT2D eigenvalue weighted by Crippen LogP contribution is 2.33. The number of Topliss-reactive ketones (excluding diaryl/α,β-unsaturated/α-hetero) is 2. The van der Waals surface area contributed by atoms with Crippen LogP contribution in [0.3, 0.4) is 0 Å². The van der Waals surface area contributed by atoms with Crippen molar-refractivity contribution in [3.8, 4) is 0 Å². The van der Waals surface area contributed by atoms with Crippen LogP contribution in [0, 0.1) is 0 Å².